The number of rotatable bonds is 5. The van der Waals surface area contributed by atoms with Crippen LogP contribution in [0.1, 0.15) is 39.5 Å². The van der Waals surface area contributed by atoms with Crippen molar-refractivity contribution in [1.29, 1.82) is 0 Å². The maximum atomic E-state index is 13.7. The van der Waals surface area contributed by atoms with Crippen molar-refractivity contribution in [1.82, 2.24) is 9.21 Å². The van der Waals surface area contributed by atoms with E-state index in [1.807, 2.05) is 6.92 Å². The van der Waals surface area contributed by atoms with Crippen LogP contribution in [-0.2, 0) is 19.6 Å². The molecular formula is C21H26ClN3O4S. The van der Waals surface area contributed by atoms with E-state index in [0.29, 0.717) is 25.1 Å². The molecule has 2 bridgehead atoms. The van der Waals surface area contributed by atoms with E-state index in [1.165, 1.54) is 29.4 Å². The zero-order chi connectivity index (χ0) is 22.1. The number of halogens is 1. The summed E-state index contributed by atoms with van der Waals surface area (Å²) in [5.41, 5.74) is 0.335. The molecule has 162 valence electrons. The molecule has 0 aliphatic carbocycles. The molecular weight excluding hydrogens is 426 g/mol. The summed E-state index contributed by atoms with van der Waals surface area (Å²) in [4.78, 5) is 26.1. The van der Waals surface area contributed by atoms with E-state index < -0.39 is 16.1 Å². The van der Waals surface area contributed by atoms with Crippen molar-refractivity contribution in [2.75, 3.05) is 18.4 Å². The summed E-state index contributed by atoms with van der Waals surface area (Å²) in [6.07, 6.45) is 8.14. The molecule has 0 spiro atoms. The minimum absolute atomic E-state index is 0.00324. The summed E-state index contributed by atoms with van der Waals surface area (Å²) in [5.74, 6) is 1.97. The largest absolute Gasteiger partial charge is 0.330 e. The number of carbonyl (C=O) groups excluding carboxylic acids is 2. The van der Waals surface area contributed by atoms with Gasteiger partial charge in [-0.3, -0.25) is 9.59 Å². The van der Waals surface area contributed by atoms with Gasteiger partial charge in [-0.1, -0.05) is 30.9 Å². The van der Waals surface area contributed by atoms with Crippen LogP contribution >= 0.6 is 11.6 Å². The fourth-order valence-corrected chi connectivity index (χ4v) is 6.66. The number of hydrogen-bond acceptors (Lipinski definition) is 4. The Balaban J connectivity index is 2.05. The van der Waals surface area contributed by atoms with Crippen molar-refractivity contribution in [3.8, 4) is 12.3 Å². The number of carbonyl (C=O) groups is 2. The average Bonchev–Trinajstić information content (AvgIpc) is 2.77. The maximum Gasteiger partial charge on any atom is 0.244 e. The minimum Gasteiger partial charge on any atom is -0.330 e. The van der Waals surface area contributed by atoms with Crippen LogP contribution in [-0.4, -0.2) is 54.6 Å². The second kappa shape index (κ2) is 8.96. The van der Waals surface area contributed by atoms with Crippen molar-refractivity contribution in [3.05, 3.63) is 23.2 Å². The molecule has 2 heterocycles. The van der Waals surface area contributed by atoms with Gasteiger partial charge >= 0.3 is 0 Å². The van der Waals surface area contributed by atoms with Crippen molar-refractivity contribution < 1.29 is 18.0 Å². The van der Waals surface area contributed by atoms with Crippen LogP contribution < -0.4 is 5.32 Å². The van der Waals surface area contributed by atoms with E-state index in [9.17, 15) is 18.0 Å². The SMILES string of the molecule is C#CCN1C[C@H](CC)C2CCCC(C1=O)N2S(=O)(=O)c1ccc(NC(C)=O)c(Cl)c1. The molecule has 1 aromatic carbocycles. The first-order valence-electron chi connectivity index (χ1n) is 10.0. The minimum atomic E-state index is -3.99. The van der Waals surface area contributed by atoms with Crippen LogP contribution in [0.4, 0.5) is 5.69 Å². The van der Waals surface area contributed by atoms with E-state index in [0.717, 1.165) is 12.8 Å². The van der Waals surface area contributed by atoms with Crippen molar-refractivity contribution >= 4 is 39.1 Å². The Morgan fingerprint density at radius 2 is 2.10 bits per heavy atom. The summed E-state index contributed by atoms with van der Waals surface area (Å²) in [7, 11) is -3.99. The first kappa shape index (κ1) is 22.6. The molecule has 2 aliphatic rings. The van der Waals surface area contributed by atoms with Gasteiger partial charge in [0, 0.05) is 19.5 Å². The molecule has 30 heavy (non-hydrogen) atoms. The Bertz CT molecular complexity index is 988. The van der Waals surface area contributed by atoms with Crippen LogP contribution in [0.5, 0.6) is 0 Å². The lowest BCUT2D eigenvalue weighted by molar-refractivity contribution is -0.134. The quantitative estimate of drug-likeness (QED) is 0.697. The van der Waals surface area contributed by atoms with E-state index in [1.54, 1.807) is 4.90 Å². The van der Waals surface area contributed by atoms with Gasteiger partial charge in [0.1, 0.15) is 6.04 Å². The highest BCUT2D eigenvalue weighted by molar-refractivity contribution is 7.89. The number of nitrogens with one attached hydrogen (secondary N) is 1. The van der Waals surface area contributed by atoms with E-state index in [2.05, 4.69) is 11.2 Å². The Kier molecular flexibility index (Phi) is 6.75. The van der Waals surface area contributed by atoms with Gasteiger partial charge in [0.2, 0.25) is 21.8 Å². The van der Waals surface area contributed by atoms with E-state index in [-0.39, 0.29) is 40.2 Å². The number of terminal acetylenes is 1. The fraction of sp³-hybridized carbons (Fsp3) is 0.524. The lowest BCUT2D eigenvalue weighted by atomic mass is 9.89. The summed E-state index contributed by atoms with van der Waals surface area (Å²) in [6, 6.07) is 3.16. The molecule has 2 amide bonds. The number of amides is 2. The van der Waals surface area contributed by atoms with Gasteiger partial charge in [0.25, 0.3) is 0 Å². The normalized spacial score (nSPS) is 24.8. The first-order chi connectivity index (χ1) is 14.2. The van der Waals surface area contributed by atoms with Crippen molar-refractivity contribution in [2.45, 2.75) is 56.5 Å². The molecule has 7 nitrogen and oxygen atoms in total. The van der Waals surface area contributed by atoms with Crippen LogP contribution in [0.25, 0.3) is 0 Å². The van der Waals surface area contributed by atoms with Gasteiger partial charge in [0.05, 0.1) is 22.2 Å². The van der Waals surface area contributed by atoms with E-state index in [4.69, 9.17) is 18.0 Å². The molecule has 2 saturated heterocycles. The number of hydrogen-bond donors (Lipinski definition) is 1. The topological polar surface area (TPSA) is 86.8 Å². The van der Waals surface area contributed by atoms with Gasteiger partial charge < -0.3 is 10.2 Å². The van der Waals surface area contributed by atoms with Gasteiger partial charge in [-0.15, -0.1) is 6.42 Å². The van der Waals surface area contributed by atoms with Crippen molar-refractivity contribution in [3.63, 3.8) is 0 Å². The predicted octanol–water partition coefficient (Wildman–Crippen LogP) is 2.71. The molecule has 1 N–H and O–H groups in total. The number of anilines is 1. The fourth-order valence-electron chi connectivity index (χ4n) is 4.46. The van der Waals surface area contributed by atoms with Crippen LogP contribution in [0.3, 0.4) is 0 Å². The number of sulfonamides is 1. The highest BCUT2D eigenvalue weighted by Crippen LogP contribution is 2.39. The van der Waals surface area contributed by atoms with Gasteiger partial charge in [-0.25, -0.2) is 8.42 Å². The third-order valence-electron chi connectivity index (χ3n) is 5.84. The smallest absolute Gasteiger partial charge is 0.244 e. The second-order valence-corrected chi connectivity index (χ2v) is 10.0. The van der Waals surface area contributed by atoms with Crippen molar-refractivity contribution in [2.24, 2.45) is 5.92 Å². The molecule has 2 fully saturated rings. The monoisotopic (exact) mass is 451 g/mol. The molecule has 0 radical (unpaired) electrons. The standard InChI is InChI=1S/C21H26ClN3O4S/c1-4-11-24-13-15(5-2)19-7-6-8-20(21(24)27)25(19)30(28,29)16-9-10-18(17(22)12-16)23-14(3)26/h1,9-10,12,15,19-20H,5-8,11,13H2,2-3H3,(H,23,26)/t15-,19?,20?/m0/s1. The maximum absolute atomic E-state index is 13.7. The lowest BCUT2D eigenvalue weighted by Crippen LogP contribution is -2.54. The summed E-state index contributed by atoms with van der Waals surface area (Å²) < 4.78 is 28.8. The molecule has 0 saturated carbocycles. The van der Waals surface area contributed by atoms with Crippen LogP contribution in [0.15, 0.2) is 23.1 Å². The molecule has 1 aromatic rings. The highest BCUT2D eigenvalue weighted by atomic mass is 35.5. The highest BCUT2D eigenvalue weighted by Gasteiger charge is 2.49. The number of benzene rings is 1. The summed E-state index contributed by atoms with van der Waals surface area (Å²) in [6.45, 7) is 3.97. The first-order valence-corrected chi connectivity index (χ1v) is 11.9. The number of fused-ring (bicyclic) bond motifs is 2. The van der Waals surface area contributed by atoms with Crippen LogP contribution in [0.2, 0.25) is 5.02 Å². The number of piperidine rings is 1. The molecule has 3 rings (SSSR count). The summed E-state index contributed by atoms with van der Waals surface area (Å²) >= 11 is 6.23. The molecule has 3 atom stereocenters. The molecule has 0 aromatic heterocycles. The molecule has 2 aliphatic heterocycles. The zero-order valence-corrected chi connectivity index (χ0v) is 18.7. The Morgan fingerprint density at radius 1 is 1.37 bits per heavy atom. The molecule has 9 heteroatoms. The van der Waals surface area contributed by atoms with E-state index >= 15 is 0 Å². The Hall–Kier alpha value is -2.08. The predicted molar refractivity (Wildman–Crippen MR) is 115 cm³/mol. The van der Waals surface area contributed by atoms with Gasteiger partial charge in [-0.05, 0) is 43.4 Å². The third kappa shape index (κ3) is 4.20. The summed E-state index contributed by atoms with van der Waals surface area (Å²) in [5, 5.41) is 2.69. The zero-order valence-electron chi connectivity index (χ0n) is 17.1. The Morgan fingerprint density at radius 3 is 2.70 bits per heavy atom. The average molecular weight is 452 g/mol. The van der Waals surface area contributed by atoms with Crippen LogP contribution in [0, 0.1) is 18.3 Å². The second-order valence-electron chi connectivity index (χ2n) is 7.76. The Labute approximate surface area is 182 Å². The lowest BCUT2D eigenvalue weighted by Gasteiger charge is -2.40. The van der Waals surface area contributed by atoms with Gasteiger partial charge in [-0.2, -0.15) is 4.31 Å². The van der Waals surface area contributed by atoms with Gasteiger partial charge in [0.15, 0.2) is 0 Å². The number of nitrogens with zero attached hydrogens (tertiary/aromatic N) is 2. The third-order valence-corrected chi connectivity index (χ3v) is 8.08. The molecule has 2 unspecified atom stereocenters.